The van der Waals surface area contributed by atoms with Crippen LogP contribution in [0.4, 0.5) is 0 Å². The maximum Gasteiger partial charge on any atom is 0.319 e. The SMILES string of the molecule is O=C(O)C1(CC2CSc3ccccc32)CCCS1. The smallest absolute Gasteiger partial charge is 0.319 e. The summed E-state index contributed by atoms with van der Waals surface area (Å²) < 4.78 is -0.525. The number of carbonyl (C=O) groups is 1. The van der Waals surface area contributed by atoms with Gasteiger partial charge >= 0.3 is 5.97 Å². The molecule has 2 aliphatic rings. The lowest BCUT2D eigenvalue weighted by molar-refractivity contribution is -0.140. The topological polar surface area (TPSA) is 37.3 Å². The van der Waals surface area contributed by atoms with Gasteiger partial charge in [0.15, 0.2) is 0 Å². The number of hydrogen-bond donors (Lipinski definition) is 1. The van der Waals surface area contributed by atoms with Gasteiger partial charge in [0.25, 0.3) is 0 Å². The monoisotopic (exact) mass is 280 g/mol. The average Bonchev–Trinajstić information content (AvgIpc) is 2.99. The van der Waals surface area contributed by atoms with E-state index in [2.05, 4.69) is 24.3 Å². The van der Waals surface area contributed by atoms with Crippen LogP contribution in [0.1, 0.15) is 30.7 Å². The molecule has 0 amide bonds. The van der Waals surface area contributed by atoms with Crippen molar-refractivity contribution in [1.29, 1.82) is 0 Å². The number of aliphatic carboxylic acids is 1. The Morgan fingerprint density at radius 1 is 1.44 bits per heavy atom. The normalized spacial score (nSPS) is 30.3. The van der Waals surface area contributed by atoms with Gasteiger partial charge in [-0.3, -0.25) is 4.79 Å². The van der Waals surface area contributed by atoms with Crippen molar-refractivity contribution in [3.05, 3.63) is 29.8 Å². The standard InChI is InChI=1S/C14H16O2S2/c15-13(16)14(6-3-7-18-14)8-10-9-17-12-5-2-1-4-11(10)12/h1-2,4-5,10H,3,6-9H2,(H,15,16). The Hall–Kier alpha value is -0.610. The van der Waals surface area contributed by atoms with Crippen LogP contribution in [0.3, 0.4) is 0 Å². The van der Waals surface area contributed by atoms with E-state index < -0.39 is 10.7 Å². The van der Waals surface area contributed by atoms with Gasteiger partial charge in [-0.25, -0.2) is 0 Å². The molecule has 2 atom stereocenters. The second kappa shape index (κ2) is 4.82. The van der Waals surface area contributed by atoms with Gasteiger partial charge in [0, 0.05) is 10.6 Å². The number of fused-ring (bicyclic) bond motifs is 1. The van der Waals surface area contributed by atoms with E-state index >= 15 is 0 Å². The summed E-state index contributed by atoms with van der Waals surface area (Å²) in [5.74, 6) is 1.83. The molecule has 2 unspecified atom stereocenters. The minimum atomic E-state index is -0.612. The Morgan fingerprint density at radius 2 is 2.28 bits per heavy atom. The predicted octanol–water partition coefficient (Wildman–Crippen LogP) is 3.62. The molecule has 0 saturated carbocycles. The second-order valence-electron chi connectivity index (χ2n) is 5.00. The fourth-order valence-corrected chi connectivity index (χ4v) is 5.58. The van der Waals surface area contributed by atoms with E-state index in [1.807, 2.05) is 11.8 Å². The van der Waals surface area contributed by atoms with Crippen molar-refractivity contribution in [2.75, 3.05) is 11.5 Å². The molecule has 3 rings (SSSR count). The van der Waals surface area contributed by atoms with Crippen molar-refractivity contribution in [3.63, 3.8) is 0 Å². The zero-order valence-electron chi connectivity index (χ0n) is 10.1. The molecule has 0 aromatic heterocycles. The highest BCUT2D eigenvalue weighted by Crippen LogP contribution is 2.49. The molecule has 1 aromatic rings. The van der Waals surface area contributed by atoms with Crippen molar-refractivity contribution in [2.24, 2.45) is 0 Å². The third-order valence-electron chi connectivity index (χ3n) is 3.87. The molecule has 96 valence electrons. The molecular formula is C14H16O2S2. The molecule has 2 nitrogen and oxygen atoms in total. The highest BCUT2D eigenvalue weighted by Gasteiger charge is 2.45. The average molecular weight is 280 g/mol. The first-order chi connectivity index (χ1) is 8.71. The van der Waals surface area contributed by atoms with Gasteiger partial charge in [0.2, 0.25) is 0 Å². The molecule has 1 aromatic carbocycles. The van der Waals surface area contributed by atoms with E-state index in [9.17, 15) is 9.90 Å². The van der Waals surface area contributed by atoms with Crippen LogP contribution >= 0.6 is 23.5 Å². The summed E-state index contributed by atoms with van der Waals surface area (Å²) in [4.78, 5) is 12.9. The summed E-state index contributed by atoms with van der Waals surface area (Å²) in [5.41, 5.74) is 1.36. The van der Waals surface area contributed by atoms with E-state index in [-0.39, 0.29) is 0 Å². The summed E-state index contributed by atoms with van der Waals surface area (Å²) in [6.07, 6.45) is 2.66. The summed E-state index contributed by atoms with van der Waals surface area (Å²) in [6.45, 7) is 0. The quantitative estimate of drug-likeness (QED) is 0.917. The maximum atomic E-state index is 11.6. The minimum absolute atomic E-state index is 0.410. The summed E-state index contributed by atoms with van der Waals surface area (Å²) >= 11 is 3.52. The van der Waals surface area contributed by atoms with Crippen LogP contribution in [0.2, 0.25) is 0 Å². The van der Waals surface area contributed by atoms with Crippen LogP contribution in [0.15, 0.2) is 29.2 Å². The van der Waals surface area contributed by atoms with E-state index in [0.29, 0.717) is 5.92 Å². The Balaban J connectivity index is 1.83. The number of rotatable bonds is 3. The first-order valence-corrected chi connectivity index (χ1v) is 8.27. The molecular weight excluding hydrogens is 264 g/mol. The van der Waals surface area contributed by atoms with Crippen molar-refractivity contribution in [2.45, 2.75) is 34.8 Å². The number of benzene rings is 1. The zero-order valence-corrected chi connectivity index (χ0v) is 11.7. The highest BCUT2D eigenvalue weighted by molar-refractivity contribution is 8.01. The van der Waals surface area contributed by atoms with Gasteiger partial charge in [-0.2, -0.15) is 0 Å². The number of hydrogen-bond acceptors (Lipinski definition) is 3. The first kappa shape index (κ1) is 12.4. The lowest BCUT2D eigenvalue weighted by Crippen LogP contribution is -2.34. The Bertz CT molecular complexity index is 467. The van der Waals surface area contributed by atoms with Gasteiger partial charge in [-0.05, 0) is 42.6 Å². The Labute approximate surface area is 116 Å². The molecule has 1 saturated heterocycles. The fraction of sp³-hybridized carbons (Fsp3) is 0.500. The molecule has 4 heteroatoms. The summed E-state index contributed by atoms with van der Waals surface area (Å²) in [6, 6.07) is 8.43. The third kappa shape index (κ3) is 2.05. The van der Waals surface area contributed by atoms with Crippen LogP contribution in [0, 0.1) is 0 Å². The van der Waals surface area contributed by atoms with Crippen molar-refractivity contribution in [1.82, 2.24) is 0 Å². The summed E-state index contributed by atoms with van der Waals surface area (Å²) in [5, 5.41) is 9.54. The molecule has 2 heterocycles. The lowest BCUT2D eigenvalue weighted by atomic mass is 9.87. The van der Waals surface area contributed by atoms with E-state index in [1.165, 1.54) is 10.5 Å². The lowest BCUT2D eigenvalue weighted by Gasteiger charge is -2.26. The first-order valence-electron chi connectivity index (χ1n) is 6.30. The number of carboxylic acid groups (broad SMARTS) is 1. The van der Waals surface area contributed by atoms with E-state index in [4.69, 9.17) is 0 Å². The largest absolute Gasteiger partial charge is 0.480 e. The van der Waals surface area contributed by atoms with Gasteiger partial charge in [0.05, 0.1) is 0 Å². The van der Waals surface area contributed by atoms with Crippen molar-refractivity contribution >= 4 is 29.5 Å². The van der Waals surface area contributed by atoms with Crippen LogP contribution in [-0.4, -0.2) is 27.3 Å². The molecule has 1 fully saturated rings. The van der Waals surface area contributed by atoms with Gasteiger partial charge in [0.1, 0.15) is 4.75 Å². The van der Waals surface area contributed by atoms with Crippen LogP contribution in [0.25, 0.3) is 0 Å². The second-order valence-corrected chi connectivity index (χ2v) is 7.54. The minimum Gasteiger partial charge on any atom is -0.480 e. The number of carboxylic acids is 1. The highest BCUT2D eigenvalue weighted by atomic mass is 32.2. The fourth-order valence-electron chi connectivity index (χ4n) is 2.91. The molecule has 0 spiro atoms. The van der Waals surface area contributed by atoms with Gasteiger partial charge in [-0.1, -0.05) is 18.2 Å². The number of thioether (sulfide) groups is 2. The Kier molecular flexibility index (Phi) is 3.32. The third-order valence-corrected chi connectivity index (χ3v) is 6.71. The molecule has 0 radical (unpaired) electrons. The zero-order chi connectivity index (χ0) is 12.6. The molecule has 2 aliphatic heterocycles. The van der Waals surface area contributed by atoms with Gasteiger partial charge in [-0.15, -0.1) is 23.5 Å². The molecule has 18 heavy (non-hydrogen) atoms. The predicted molar refractivity (Wildman–Crippen MR) is 76.6 cm³/mol. The Morgan fingerprint density at radius 3 is 3.00 bits per heavy atom. The van der Waals surface area contributed by atoms with Crippen LogP contribution in [0.5, 0.6) is 0 Å². The summed E-state index contributed by atoms with van der Waals surface area (Å²) in [7, 11) is 0. The maximum absolute atomic E-state index is 11.6. The van der Waals surface area contributed by atoms with Crippen molar-refractivity contribution < 1.29 is 9.90 Å². The van der Waals surface area contributed by atoms with Crippen LogP contribution < -0.4 is 0 Å². The van der Waals surface area contributed by atoms with E-state index in [0.717, 1.165) is 30.8 Å². The van der Waals surface area contributed by atoms with Crippen molar-refractivity contribution in [3.8, 4) is 0 Å². The van der Waals surface area contributed by atoms with E-state index in [1.54, 1.807) is 11.8 Å². The molecule has 0 bridgehead atoms. The molecule has 1 N–H and O–H groups in total. The molecule has 0 aliphatic carbocycles. The van der Waals surface area contributed by atoms with Gasteiger partial charge < -0.3 is 5.11 Å². The van der Waals surface area contributed by atoms with Crippen LogP contribution in [-0.2, 0) is 4.79 Å².